The molecule has 0 atom stereocenters. The van der Waals surface area contributed by atoms with Crippen LogP contribution in [0.5, 0.6) is 0 Å². The van der Waals surface area contributed by atoms with E-state index in [1.165, 1.54) is 5.69 Å². The summed E-state index contributed by atoms with van der Waals surface area (Å²) < 4.78 is 11.8. The average Bonchev–Trinajstić information content (AvgIpc) is 2.74. The highest BCUT2D eigenvalue weighted by Crippen LogP contribution is 1.95. The van der Waals surface area contributed by atoms with E-state index in [0.717, 1.165) is 19.5 Å². The van der Waals surface area contributed by atoms with Gasteiger partial charge in [0.15, 0.2) is 0 Å². The fourth-order valence-corrected chi connectivity index (χ4v) is 1.49. The molecule has 0 amide bonds. The van der Waals surface area contributed by atoms with Gasteiger partial charge in [0.1, 0.15) is 6.61 Å². The summed E-state index contributed by atoms with van der Waals surface area (Å²) in [6.45, 7) is 4.28. The summed E-state index contributed by atoms with van der Waals surface area (Å²) in [4.78, 5) is 10.9. The van der Waals surface area contributed by atoms with Crippen LogP contribution in [0.4, 0.5) is 0 Å². The van der Waals surface area contributed by atoms with Crippen molar-refractivity contribution in [3.8, 4) is 0 Å². The van der Waals surface area contributed by atoms with Crippen molar-refractivity contribution in [2.75, 3.05) is 32.9 Å². The van der Waals surface area contributed by atoms with Crippen LogP contribution in [0.15, 0.2) is 12.3 Å². The van der Waals surface area contributed by atoms with Crippen LogP contribution in [0, 0.1) is 0 Å². The summed E-state index contributed by atoms with van der Waals surface area (Å²) in [6.07, 6.45) is 2.71. The van der Waals surface area contributed by atoms with Gasteiger partial charge in [0.25, 0.3) is 0 Å². The van der Waals surface area contributed by atoms with E-state index in [4.69, 9.17) is 9.47 Å². The number of ether oxygens (including phenoxy) is 2. The van der Waals surface area contributed by atoms with Crippen LogP contribution in [-0.2, 0) is 27.7 Å². The molecule has 1 heterocycles. The Labute approximate surface area is 107 Å². The maximum Gasteiger partial charge on any atom is 0.332 e. The van der Waals surface area contributed by atoms with Crippen LogP contribution in [0.1, 0.15) is 12.6 Å². The van der Waals surface area contributed by atoms with Gasteiger partial charge >= 0.3 is 5.97 Å². The van der Waals surface area contributed by atoms with Crippen molar-refractivity contribution in [3.05, 3.63) is 18.0 Å². The molecule has 0 aliphatic carbocycles. The summed E-state index contributed by atoms with van der Waals surface area (Å²) in [5, 5.41) is 7.33. The lowest BCUT2D eigenvalue weighted by molar-refractivity contribution is -0.148. The summed E-state index contributed by atoms with van der Waals surface area (Å²) in [5.41, 5.74) is 1.19. The smallest absolute Gasteiger partial charge is 0.332 e. The fourth-order valence-electron chi connectivity index (χ4n) is 1.49. The topological polar surface area (TPSA) is 65.4 Å². The van der Waals surface area contributed by atoms with E-state index in [2.05, 4.69) is 10.4 Å². The van der Waals surface area contributed by atoms with E-state index < -0.39 is 0 Å². The maximum atomic E-state index is 10.9. The molecule has 0 saturated carbocycles. The molecule has 0 aliphatic heterocycles. The first-order valence-electron chi connectivity index (χ1n) is 6.15. The van der Waals surface area contributed by atoms with Crippen molar-refractivity contribution in [2.24, 2.45) is 7.05 Å². The Balaban J connectivity index is 1.93. The molecule has 0 unspecified atom stereocenters. The number of nitrogens with one attached hydrogen (secondary N) is 1. The van der Waals surface area contributed by atoms with Gasteiger partial charge in [-0.15, -0.1) is 0 Å². The molecule has 0 bridgehead atoms. The third-order valence-corrected chi connectivity index (χ3v) is 2.43. The molecule has 0 saturated heterocycles. The number of nitrogens with zero attached hydrogens (tertiary/aromatic N) is 2. The number of carbonyl (C=O) groups excluding carboxylic acids is 1. The van der Waals surface area contributed by atoms with Crippen LogP contribution in [0.2, 0.25) is 0 Å². The van der Waals surface area contributed by atoms with Gasteiger partial charge in [-0.25, -0.2) is 4.79 Å². The zero-order valence-corrected chi connectivity index (χ0v) is 11.0. The second-order valence-electron chi connectivity index (χ2n) is 3.80. The molecule has 18 heavy (non-hydrogen) atoms. The first-order chi connectivity index (χ1) is 8.74. The molecule has 1 N–H and O–H groups in total. The Morgan fingerprint density at radius 3 is 3.00 bits per heavy atom. The molecule has 102 valence electrons. The lowest BCUT2D eigenvalue weighted by Gasteiger charge is -2.06. The van der Waals surface area contributed by atoms with Crippen molar-refractivity contribution in [1.29, 1.82) is 0 Å². The number of aromatic nitrogens is 2. The predicted octanol–water partition coefficient (Wildman–Crippen LogP) is 0.132. The van der Waals surface area contributed by atoms with Crippen LogP contribution < -0.4 is 5.32 Å². The first-order valence-corrected chi connectivity index (χ1v) is 6.15. The van der Waals surface area contributed by atoms with Crippen LogP contribution in [-0.4, -0.2) is 48.7 Å². The fraction of sp³-hybridized carbons (Fsp3) is 0.667. The van der Waals surface area contributed by atoms with Crippen LogP contribution in [0.3, 0.4) is 0 Å². The first kappa shape index (κ1) is 14.7. The molecule has 0 radical (unpaired) electrons. The normalized spacial score (nSPS) is 10.6. The molecule has 0 aromatic carbocycles. The summed E-state index contributed by atoms with van der Waals surface area (Å²) in [7, 11) is 1.93. The third kappa shape index (κ3) is 5.79. The minimum Gasteiger partial charge on any atom is -0.464 e. The quantitative estimate of drug-likeness (QED) is 0.502. The highest BCUT2D eigenvalue weighted by molar-refractivity contribution is 5.70. The van der Waals surface area contributed by atoms with Crippen molar-refractivity contribution in [2.45, 2.75) is 13.3 Å². The number of aryl methyl sites for hydroxylation is 1. The maximum absolute atomic E-state index is 10.9. The highest BCUT2D eigenvalue weighted by atomic mass is 16.6. The number of hydrogen-bond acceptors (Lipinski definition) is 5. The minimum atomic E-state index is -0.313. The lowest BCUT2D eigenvalue weighted by atomic mass is 10.3. The summed E-state index contributed by atoms with van der Waals surface area (Å²) in [5.74, 6) is -0.313. The van der Waals surface area contributed by atoms with E-state index in [0.29, 0.717) is 13.2 Å². The SMILES string of the molecule is CCOC(=O)COCCNCCc1ccnn1C. The van der Waals surface area contributed by atoms with E-state index in [1.54, 1.807) is 13.1 Å². The minimum absolute atomic E-state index is 0.0251. The van der Waals surface area contributed by atoms with E-state index in [1.807, 2.05) is 17.8 Å². The van der Waals surface area contributed by atoms with Crippen molar-refractivity contribution >= 4 is 5.97 Å². The van der Waals surface area contributed by atoms with Crippen molar-refractivity contribution in [3.63, 3.8) is 0 Å². The van der Waals surface area contributed by atoms with Gasteiger partial charge < -0.3 is 14.8 Å². The Morgan fingerprint density at radius 1 is 1.50 bits per heavy atom. The number of hydrogen-bond donors (Lipinski definition) is 1. The zero-order chi connectivity index (χ0) is 13.2. The second kappa shape index (κ2) is 8.66. The molecule has 0 spiro atoms. The molecular weight excluding hydrogens is 234 g/mol. The van der Waals surface area contributed by atoms with Crippen LogP contribution >= 0.6 is 0 Å². The molecule has 1 aromatic heterocycles. The molecular formula is C12H21N3O3. The number of carbonyl (C=O) groups is 1. The van der Waals surface area contributed by atoms with Crippen molar-refractivity contribution in [1.82, 2.24) is 15.1 Å². The molecule has 1 aromatic rings. The third-order valence-electron chi connectivity index (χ3n) is 2.43. The summed E-state index contributed by atoms with van der Waals surface area (Å²) in [6, 6.07) is 2.00. The van der Waals surface area contributed by atoms with Crippen molar-refractivity contribution < 1.29 is 14.3 Å². The van der Waals surface area contributed by atoms with Gasteiger partial charge in [-0.05, 0) is 13.0 Å². The van der Waals surface area contributed by atoms with Gasteiger partial charge in [-0.2, -0.15) is 5.10 Å². The molecule has 0 aliphatic rings. The number of esters is 1. The Kier molecular flexibility index (Phi) is 7.05. The van der Waals surface area contributed by atoms with Gasteiger partial charge in [-0.3, -0.25) is 4.68 Å². The number of rotatable bonds is 9. The Bertz CT molecular complexity index is 352. The molecule has 6 nitrogen and oxygen atoms in total. The lowest BCUT2D eigenvalue weighted by Crippen LogP contribution is -2.24. The molecule has 6 heteroatoms. The van der Waals surface area contributed by atoms with Crippen LogP contribution in [0.25, 0.3) is 0 Å². The zero-order valence-electron chi connectivity index (χ0n) is 11.0. The van der Waals surface area contributed by atoms with Gasteiger partial charge in [0, 0.05) is 38.4 Å². The Hall–Kier alpha value is -1.40. The summed E-state index contributed by atoms with van der Waals surface area (Å²) >= 11 is 0. The van der Waals surface area contributed by atoms with Gasteiger partial charge in [0.05, 0.1) is 13.2 Å². The predicted molar refractivity (Wildman–Crippen MR) is 67.2 cm³/mol. The van der Waals surface area contributed by atoms with E-state index in [-0.39, 0.29) is 12.6 Å². The van der Waals surface area contributed by atoms with E-state index in [9.17, 15) is 4.79 Å². The second-order valence-corrected chi connectivity index (χ2v) is 3.80. The average molecular weight is 255 g/mol. The highest BCUT2D eigenvalue weighted by Gasteiger charge is 2.00. The largest absolute Gasteiger partial charge is 0.464 e. The van der Waals surface area contributed by atoms with Gasteiger partial charge in [0.2, 0.25) is 0 Å². The Morgan fingerprint density at radius 2 is 2.33 bits per heavy atom. The standard InChI is InChI=1S/C12H21N3O3/c1-3-18-12(16)10-17-9-8-13-6-4-11-5-7-14-15(11)2/h5,7,13H,3-4,6,8-10H2,1-2H3. The molecule has 1 rings (SSSR count). The molecule has 0 fully saturated rings. The van der Waals surface area contributed by atoms with E-state index >= 15 is 0 Å². The monoisotopic (exact) mass is 255 g/mol. The van der Waals surface area contributed by atoms with Gasteiger partial charge in [-0.1, -0.05) is 0 Å².